The smallest absolute Gasteiger partial charge is 0.357 e. The van der Waals surface area contributed by atoms with E-state index in [1.165, 1.54) is 4.90 Å². The fourth-order valence-electron chi connectivity index (χ4n) is 2.67. The SMILES string of the molecule is CCNC(=NCc1nc(C(C)C)cs1)NC1CCN(CC(F)(F)F)C1.I. The summed E-state index contributed by atoms with van der Waals surface area (Å²) < 4.78 is 37.4. The predicted octanol–water partition coefficient (Wildman–Crippen LogP) is 3.58. The van der Waals surface area contributed by atoms with Gasteiger partial charge >= 0.3 is 6.18 Å². The summed E-state index contributed by atoms with van der Waals surface area (Å²) in [6.07, 6.45) is -3.47. The summed E-state index contributed by atoms with van der Waals surface area (Å²) in [5, 5.41) is 9.37. The van der Waals surface area contributed by atoms with Crippen LogP contribution in [-0.2, 0) is 6.54 Å². The zero-order chi connectivity index (χ0) is 18.4. The van der Waals surface area contributed by atoms with Crippen molar-refractivity contribution in [3.8, 4) is 0 Å². The third kappa shape index (κ3) is 7.95. The highest BCUT2D eigenvalue weighted by atomic mass is 127. The van der Waals surface area contributed by atoms with E-state index >= 15 is 0 Å². The van der Waals surface area contributed by atoms with E-state index in [1.807, 2.05) is 12.3 Å². The minimum Gasteiger partial charge on any atom is -0.357 e. The van der Waals surface area contributed by atoms with Crippen LogP contribution in [0.15, 0.2) is 10.4 Å². The highest BCUT2D eigenvalue weighted by molar-refractivity contribution is 14.0. The van der Waals surface area contributed by atoms with Crippen LogP contribution >= 0.6 is 35.3 Å². The van der Waals surface area contributed by atoms with Crippen molar-refractivity contribution in [2.75, 3.05) is 26.2 Å². The molecule has 1 unspecified atom stereocenters. The molecule has 1 aliphatic rings. The number of nitrogens with zero attached hydrogens (tertiary/aromatic N) is 3. The van der Waals surface area contributed by atoms with Crippen molar-refractivity contribution in [3.05, 3.63) is 16.1 Å². The molecule has 0 radical (unpaired) electrons. The van der Waals surface area contributed by atoms with Crippen LogP contribution in [0.3, 0.4) is 0 Å². The van der Waals surface area contributed by atoms with Gasteiger partial charge in [0.1, 0.15) is 5.01 Å². The van der Waals surface area contributed by atoms with Crippen LogP contribution in [0.2, 0.25) is 0 Å². The molecule has 5 nitrogen and oxygen atoms in total. The predicted molar refractivity (Wildman–Crippen MR) is 110 cm³/mol. The second kappa shape index (κ2) is 10.6. The molecule has 150 valence electrons. The highest BCUT2D eigenvalue weighted by Gasteiger charge is 2.34. The van der Waals surface area contributed by atoms with Crippen LogP contribution in [0.1, 0.15) is 43.8 Å². The number of thiazole rings is 1. The van der Waals surface area contributed by atoms with Gasteiger partial charge in [-0.25, -0.2) is 9.98 Å². The summed E-state index contributed by atoms with van der Waals surface area (Å²) in [6, 6.07) is -0.0253. The van der Waals surface area contributed by atoms with Gasteiger partial charge in [-0.3, -0.25) is 4.90 Å². The Balaban J connectivity index is 0.00000338. The molecule has 1 aromatic heterocycles. The second-order valence-corrected chi connectivity index (χ2v) is 7.44. The number of aromatic nitrogens is 1. The molecule has 10 heteroatoms. The van der Waals surface area contributed by atoms with Gasteiger partial charge in [0.25, 0.3) is 0 Å². The Morgan fingerprint density at radius 1 is 1.46 bits per heavy atom. The lowest BCUT2D eigenvalue weighted by molar-refractivity contribution is -0.143. The number of alkyl halides is 3. The van der Waals surface area contributed by atoms with E-state index in [0.29, 0.717) is 44.5 Å². The van der Waals surface area contributed by atoms with Gasteiger partial charge in [-0.1, -0.05) is 13.8 Å². The summed E-state index contributed by atoms with van der Waals surface area (Å²) in [5.74, 6) is 1.01. The summed E-state index contributed by atoms with van der Waals surface area (Å²) in [5.41, 5.74) is 1.06. The van der Waals surface area contributed by atoms with Crippen molar-refractivity contribution >= 4 is 41.3 Å². The van der Waals surface area contributed by atoms with E-state index in [4.69, 9.17) is 0 Å². The lowest BCUT2D eigenvalue weighted by Crippen LogP contribution is -2.45. The van der Waals surface area contributed by atoms with Gasteiger partial charge in [0.15, 0.2) is 5.96 Å². The summed E-state index contributed by atoms with van der Waals surface area (Å²) >= 11 is 1.58. The molecule has 1 aromatic rings. The second-order valence-electron chi connectivity index (χ2n) is 6.50. The van der Waals surface area contributed by atoms with Gasteiger partial charge in [-0.05, 0) is 19.3 Å². The first kappa shape index (κ1) is 23.4. The standard InChI is InChI=1S/C16H26F3N5S.HI/c1-4-20-15(21-7-14-23-13(9-25-14)11(2)3)22-12-5-6-24(8-12)10-16(17,18)19;/h9,11-12H,4-8,10H2,1-3H3,(H2,20,21,22);1H. The number of hydrogen-bond donors (Lipinski definition) is 2. The molecule has 0 saturated carbocycles. The van der Waals surface area contributed by atoms with Gasteiger partial charge in [-0.2, -0.15) is 13.2 Å². The summed E-state index contributed by atoms with van der Waals surface area (Å²) in [6.45, 7) is 7.28. The van der Waals surface area contributed by atoms with E-state index in [-0.39, 0.29) is 30.0 Å². The van der Waals surface area contributed by atoms with Crippen LogP contribution in [0.25, 0.3) is 0 Å². The molecule has 0 spiro atoms. The average molecular weight is 505 g/mol. The monoisotopic (exact) mass is 505 g/mol. The van der Waals surface area contributed by atoms with Gasteiger partial charge in [0, 0.05) is 31.1 Å². The number of nitrogens with one attached hydrogen (secondary N) is 2. The molecular weight excluding hydrogens is 478 g/mol. The van der Waals surface area contributed by atoms with Crippen molar-refractivity contribution in [1.29, 1.82) is 0 Å². The minimum absolute atomic E-state index is 0. The third-order valence-electron chi connectivity index (χ3n) is 3.89. The first-order valence-electron chi connectivity index (χ1n) is 8.55. The van der Waals surface area contributed by atoms with E-state index in [9.17, 15) is 13.2 Å². The fraction of sp³-hybridized carbons (Fsp3) is 0.750. The quantitative estimate of drug-likeness (QED) is 0.353. The maximum Gasteiger partial charge on any atom is 0.401 e. The van der Waals surface area contributed by atoms with Gasteiger partial charge < -0.3 is 10.6 Å². The molecule has 0 amide bonds. The molecule has 2 heterocycles. The van der Waals surface area contributed by atoms with Crippen LogP contribution in [0.4, 0.5) is 13.2 Å². The van der Waals surface area contributed by atoms with Crippen LogP contribution in [-0.4, -0.2) is 54.2 Å². The highest BCUT2D eigenvalue weighted by Crippen LogP contribution is 2.20. The molecule has 2 rings (SSSR count). The first-order valence-corrected chi connectivity index (χ1v) is 9.43. The molecule has 0 aliphatic carbocycles. The van der Waals surface area contributed by atoms with Gasteiger partial charge in [0.2, 0.25) is 0 Å². The zero-order valence-electron chi connectivity index (χ0n) is 15.3. The average Bonchev–Trinajstić information content (AvgIpc) is 3.13. The van der Waals surface area contributed by atoms with Crippen molar-refractivity contribution in [2.45, 2.75) is 51.9 Å². The van der Waals surface area contributed by atoms with Crippen molar-refractivity contribution in [2.24, 2.45) is 4.99 Å². The summed E-state index contributed by atoms with van der Waals surface area (Å²) in [4.78, 5) is 10.5. The molecule has 0 bridgehead atoms. The molecule has 26 heavy (non-hydrogen) atoms. The molecular formula is C16H27F3IN5S. The fourth-order valence-corrected chi connectivity index (χ4v) is 3.55. The Bertz CT molecular complexity index is 576. The van der Waals surface area contributed by atoms with Crippen molar-refractivity contribution < 1.29 is 13.2 Å². The number of aliphatic imine (C=N–C) groups is 1. The number of halogens is 4. The zero-order valence-corrected chi connectivity index (χ0v) is 18.4. The maximum absolute atomic E-state index is 12.5. The minimum atomic E-state index is -4.15. The molecule has 1 saturated heterocycles. The van der Waals surface area contributed by atoms with Gasteiger partial charge in [0.05, 0.1) is 18.8 Å². The largest absolute Gasteiger partial charge is 0.401 e. The molecule has 1 atom stereocenters. The van der Waals surface area contributed by atoms with Crippen molar-refractivity contribution in [1.82, 2.24) is 20.5 Å². The molecule has 1 aliphatic heterocycles. The van der Waals surface area contributed by atoms with E-state index in [0.717, 1.165) is 10.7 Å². The Morgan fingerprint density at radius 3 is 2.77 bits per heavy atom. The van der Waals surface area contributed by atoms with Crippen LogP contribution in [0, 0.1) is 0 Å². The number of guanidine groups is 1. The summed E-state index contributed by atoms with van der Waals surface area (Å²) in [7, 11) is 0. The Kier molecular flexibility index (Phi) is 9.59. The number of rotatable bonds is 6. The normalized spacial score (nSPS) is 18.9. The maximum atomic E-state index is 12.5. The Hall–Kier alpha value is -0.620. The van der Waals surface area contributed by atoms with Crippen LogP contribution in [0.5, 0.6) is 0 Å². The van der Waals surface area contributed by atoms with E-state index in [2.05, 4.69) is 34.5 Å². The third-order valence-corrected chi connectivity index (χ3v) is 4.75. The Morgan fingerprint density at radius 2 is 2.19 bits per heavy atom. The van der Waals surface area contributed by atoms with Crippen LogP contribution < -0.4 is 10.6 Å². The number of hydrogen-bond acceptors (Lipinski definition) is 4. The van der Waals surface area contributed by atoms with E-state index < -0.39 is 12.7 Å². The number of likely N-dealkylation sites (tertiary alicyclic amines) is 1. The molecule has 0 aromatic carbocycles. The van der Waals surface area contributed by atoms with E-state index in [1.54, 1.807) is 11.3 Å². The topological polar surface area (TPSA) is 52.6 Å². The Labute approximate surface area is 173 Å². The lowest BCUT2D eigenvalue weighted by atomic mass is 10.2. The van der Waals surface area contributed by atoms with Crippen molar-refractivity contribution in [3.63, 3.8) is 0 Å². The molecule has 2 N–H and O–H groups in total. The lowest BCUT2D eigenvalue weighted by Gasteiger charge is -2.19. The first-order chi connectivity index (χ1) is 11.8. The van der Waals surface area contributed by atoms with Gasteiger partial charge in [-0.15, -0.1) is 35.3 Å². The molecule has 1 fully saturated rings.